The normalized spacial score (nSPS) is 10.9. The molecule has 4 rings (SSSR count). The van der Waals surface area contributed by atoms with Gasteiger partial charge in [0.05, 0.1) is 16.9 Å². The van der Waals surface area contributed by atoms with E-state index in [9.17, 15) is 23.1 Å². The van der Waals surface area contributed by atoms with Crippen LogP contribution in [-0.2, 0) is 6.61 Å². The first kappa shape index (κ1) is 22.7. The molecule has 0 aliphatic rings. The molecule has 8 heteroatoms. The SMILES string of the molecule is Cc1ccc(-c2cc(Br)ccc2OCc2cc(F)c(F)cc2F)n1-c1ccccc1C(=O)O. The molecule has 0 fully saturated rings. The summed E-state index contributed by atoms with van der Waals surface area (Å²) in [5, 5.41) is 9.66. The van der Waals surface area contributed by atoms with Crippen LogP contribution in [0.2, 0.25) is 0 Å². The number of benzene rings is 3. The molecule has 0 radical (unpaired) electrons. The molecule has 0 saturated heterocycles. The fourth-order valence-corrected chi connectivity index (χ4v) is 3.94. The molecule has 168 valence electrons. The number of aryl methyl sites for hydroxylation is 1. The molecule has 0 spiro atoms. The van der Waals surface area contributed by atoms with Crippen LogP contribution in [0.1, 0.15) is 21.6 Å². The third-order valence-electron chi connectivity index (χ3n) is 5.14. The summed E-state index contributed by atoms with van der Waals surface area (Å²) in [5.41, 5.74) is 2.49. The van der Waals surface area contributed by atoms with E-state index >= 15 is 0 Å². The van der Waals surface area contributed by atoms with E-state index in [1.54, 1.807) is 41.0 Å². The average Bonchev–Trinajstić information content (AvgIpc) is 3.17. The van der Waals surface area contributed by atoms with Crippen molar-refractivity contribution in [2.24, 2.45) is 0 Å². The van der Waals surface area contributed by atoms with E-state index in [1.807, 2.05) is 19.1 Å². The monoisotopic (exact) mass is 515 g/mol. The van der Waals surface area contributed by atoms with Gasteiger partial charge in [-0.25, -0.2) is 18.0 Å². The largest absolute Gasteiger partial charge is 0.488 e. The minimum atomic E-state index is -1.27. The predicted molar refractivity (Wildman–Crippen MR) is 121 cm³/mol. The lowest BCUT2D eigenvalue weighted by Gasteiger charge is -2.17. The van der Waals surface area contributed by atoms with Crippen molar-refractivity contribution in [3.63, 3.8) is 0 Å². The maximum Gasteiger partial charge on any atom is 0.337 e. The van der Waals surface area contributed by atoms with Crippen molar-refractivity contribution in [2.75, 3.05) is 0 Å². The topological polar surface area (TPSA) is 51.5 Å². The molecule has 0 saturated carbocycles. The average molecular weight is 516 g/mol. The van der Waals surface area contributed by atoms with Crippen LogP contribution in [0.3, 0.4) is 0 Å². The Hall–Kier alpha value is -3.52. The van der Waals surface area contributed by atoms with Gasteiger partial charge in [-0.1, -0.05) is 28.1 Å². The van der Waals surface area contributed by atoms with E-state index in [2.05, 4.69) is 15.9 Å². The number of carboxylic acid groups (broad SMARTS) is 1. The van der Waals surface area contributed by atoms with Crippen LogP contribution in [0, 0.1) is 24.4 Å². The number of halogens is 4. The Balaban J connectivity index is 1.79. The van der Waals surface area contributed by atoms with Crippen molar-refractivity contribution in [2.45, 2.75) is 13.5 Å². The van der Waals surface area contributed by atoms with E-state index in [4.69, 9.17) is 4.74 Å². The smallest absolute Gasteiger partial charge is 0.337 e. The maximum absolute atomic E-state index is 14.1. The molecule has 1 aromatic heterocycles. The first-order chi connectivity index (χ1) is 15.8. The number of aromatic nitrogens is 1. The standard InChI is InChI=1S/C25H17BrF3NO3/c1-14-6-8-23(30(14)22-5-3-2-4-17(22)25(31)32)18-11-16(26)7-9-24(18)33-13-15-10-20(28)21(29)12-19(15)27/h2-12H,13H2,1H3,(H,31,32). The molecule has 0 aliphatic heterocycles. The summed E-state index contributed by atoms with van der Waals surface area (Å²) in [7, 11) is 0. The minimum Gasteiger partial charge on any atom is -0.488 e. The molecule has 4 nitrogen and oxygen atoms in total. The lowest BCUT2D eigenvalue weighted by atomic mass is 10.1. The summed E-state index contributed by atoms with van der Waals surface area (Å²) >= 11 is 3.43. The van der Waals surface area contributed by atoms with Crippen molar-refractivity contribution < 1.29 is 27.8 Å². The number of hydrogen-bond donors (Lipinski definition) is 1. The molecule has 3 aromatic carbocycles. The van der Waals surface area contributed by atoms with Gasteiger partial charge in [0.2, 0.25) is 0 Å². The number of rotatable bonds is 6. The van der Waals surface area contributed by atoms with Crippen LogP contribution in [0.25, 0.3) is 16.9 Å². The summed E-state index contributed by atoms with van der Waals surface area (Å²) in [4.78, 5) is 11.8. The van der Waals surface area contributed by atoms with Crippen molar-refractivity contribution in [3.05, 3.63) is 105 Å². The van der Waals surface area contributed by atoms with Gasteiger partial charge in [-0.05, 0) is 55.5 Å². The van der Waals surface area contributed by atoms with Crippen molar-refractivity contribution in [1.82, 2.24) is 4.57 Å². The molecule has 0 unspecified atom stereocenters. The van der Waals surface area contributed by atoms with Gasteiger partial charge in [-0.15, -0.1) is 0 Å². The zero-order valence-electron chi connectivity index (χ0n) is 17.3. The number of carboxylic acids is 1. The molecule has 33 heavy (non-hydrogen) atoms. The fraction of sp³-hybridized carbons (Fsp3) is 0.0800. The maximum atomic E-state index is 14.1. The minimum absolute atomic E-state index is 0.124. The first-order valence-corrected chi connectivity index (χ1v) is 10.6. The predicted octanol–water partition coefficient (Wildman–Crippen LogP) is 6.91. The zero-order valence-corrected chi connectivity index (χ0v) is 18.9. The van der Waals surface area contributed by atoms with Gasteiger partial charge in [0.1, 0.15) is 18.2 Å². The molecule has 0 aliphatic carbocycles. The number of para-hydroxylation sites is 1. The summed E-state index contributed by atoms with van der Waals surface area (Å²) in [5.74, 6) is -4.06. The highest BCUT2D eigenvalue weighted by atomic mass is 79.9. The van der Waals surface area contributed by atoms with Crippen LogP contribution in [0.5, 0.6) is 5.75 Å². The molecule has 0 bridgehead atoms. The van der Waals surface area contributed by atoms with Gasteiger partial charge < -0.3 is 14.4 Å². The summed E-state index contributed by atoms with van der Waals surface area (Å²) in [6.45, 7) is 1.51. The lowest BCUT2D eigenvalue weighted by molar-refractivity contribution is 0.0697. The second-order valence-corrected chi connectivity index (χ2v) is 8.22. The summed E-state index contributed by atoms with van der Waals surface area (Å²) in [6.07, 6.45) is 0. The third-order valence-corrected chi connectivity index (χ3v) is 5.63. The highest BCUT2D eigenvalue weighted by Gasteiger charge is 2.19. The summed E-state index contributed by atoms with van der Waals surface area (Å²) in [6, 6.07) is 16.7. The Kier molecular flexibility index (Phi) is 6.29. The van der Waals surface area contributed by atoms with Gasteiger partial charge in [-0.3, -0.25) is 0 Å². The van der Waals surface area contributed by atoms with Gasteiger partial charge in [0.15, 0.2) is 11.6 Å². The van der Waals surface area contributed by atoms with Gasteiger partial charge in [-0.2, -0.15) is 0 Å². The molecule has 0 atom stereocenters. The lowest BCUT2D eigenvalue weighted by Crippen LogP contribution is -2.08. The van der Waals surface area contributed by atoms with E-state index in [0.29, 0.717) is 28.8 Å². The summed E-state index contributed by atoms with van der Waals surface area (Å²) < 4.78 is 49.2. The third kappa shape index (κ3) is 4.52. The Labute approximate surface area is 196 Å². The van der Waals surface area contributed by atoms with Crippen molar-refractivity contribution >= 4 is 21.9 Å². The number of aromatic carboxylic acids is 1. The Morgan fingerprint density at radius 1 is 0.970 bits per heavy atom. The van der Waals surface area contributed by atoms with E-state index in [1.165, 1.54) is 6.07 Å². The second kappa shape index (κ2) is 9.15. The molecular formula is C25H17BrF3NO3. The van der Waals surface area contributed by atoms with Crippen LogP contribution < -0.4 is 4.74 Å². The fourth-order valence-electron chi connectivity index (χ4n) is 3.58. The van der Waals surface area contributed by atoms with Crippen molar-refractivity contribution in [3.8, 4) is 22.7 Å². The number of hydrogen-bond acceptors (Lipinski definition) is 2. The molecule has 0 amide bonds. The van der Waals surface area contributed by atoms with Crippen LogP contribution in [-0.4, -0.2) is 15.6 Å². The first-order valence-electron chi connectivity index (χ1n) is 9.83. The number of nitrogens with zero attached hydrogens (tertiary/aromatic N) is 1. The second-order valence-electron chi connectivity index (χ2n) is 7.30. The molecule has 4 aromatic rings. The van der Waals surface area contributed by atoms with Gasteiger partial charge >= 0.3 is 5.97 Å². The van der Waals surface area contributed by atoms with E-state index in [-0.39, 0.29) is 17.7 Å². The van der Waals surface area contributed by atoms with Crippen LogP contribution >= 0.6 is 15.9 Å². The Morgan fingerprint density at radius 2 is 1.70 bits per heavy atom. The highest BCUT2D eigenvalue weighted by molar-refractivity contribution is 9.10. The van der Waals surface area contributed by atoms with Crippen molar-refractivity contribution in [1.29, 1.82) is 0 Å². The molecule has 1 N–H and O–H groups in total. The van der Waals surface area contributed by atoms with E-state index < -0.39 is 23.4 Å². The van der Waals surface area contributed by atoms with Crippen LogP contribution in [0.15, 0.2) is 71.2 Å². The van der Waals surface area contributed by atoms with Gasteiger partial charge in [0, 0.05) is 27.4 Å². The zero-order chi connectivity index (χ0) is 23.7. The van der Waals surface area contributed by atoms with Crippen LogP contribution in [0.4, 0.5) is 13.2 Å². The van der Waals surface area contributed by atoms with E-state index in [0.717, 1.165) is 16.2 Å². The Bertz CT molecular complexity index is 1370. The molecule has 1 heterocycles. The Morgan fingerprint density at radius 3 is 2.45 bits per heavy atom. The van der Waals surface area contributed by atoms with Gasteiger partial charge in [0.25, 0.3) is 0 Å². The number of ether oxygens (including phenoxy) is 1. The highest BCUT2D eigenvalue weighted by Crippen LogP contribution is 2.37. The quantitative estimate of drug-likeness (QED) is 0.284. The molecular weight excluding hydrogens is 499 g/mol. The number of carbonyl (C=O) groups is 1.